The van der Waals surface area contributed by atoms with Crippen molar-refractivity contribution in [1.82, 2.24) is 0 Å². The van der Waals surface area contributed by atoms with Gasteiger partial charge in [-0.25, -0.2) is 8.78 Å². The van der Waals surface area contributed by atoms with E-state index in [1.165, 1.54) is 25.1 Å². The predicted molar refractivity (Wildman–Crippen MR) is 70.6 cm³/mol. The van der Waals surface area contributed by atoms with Gasteiger partial charge in [0, 0.05) is 0 Å². The van der Waals surface area contributed by atoms with Crippen LogP contribution in [0.5, 0.6) is 5.75 Å². The van der Waals surface area contributed by atoms with Crippen LogP contribution in [0.1, 0.15) is 11.1 Å². The van der Waals surface area contributed by atoms with Crippen LogP contribution in [0.3, 0.4) is 0 Å². The minimum atomic E-state index is -5.06. The first kappa shape index (κ1) is 15.3. The van der Waals surface area contributed by atoms with E-state index in [-0.39, 0.29) is 17.9 Å². The summed E-state index contributed by atoms with van der Waals surface area (Å²) in [5.41, 5.74) is -0.226. The number of aryl methyl sites for hydroxylation is 1. The summed E-state index contributed by atoms with van der Waals surface area (Å²) in [5, 5.41) is 0. The second-order valence-corrected chi connectivity index (χ2v) is 4.63. The van der Waals surface area contributed by atoms with Gasteiger partial charge in [0.25, 0.3) is 0 Å². The van der Waals surface area contributed by atoms with Crippen LogP contribution in [0.2, 0.25) is 0 Å². The first-order valence-electron chi connectivity index (χ1n) is 6.14. The van der Waals surface area contributed by atoms with E-state index < -0.39 is 24.1 Å². The lowest BCUT2D eigenvalue weighted by Crippen LogP contribution is -2.35. The first-order chi connectivity index (χ1) is 9.77. The number of hydrogen-bond donors (Lipinski definition) is 0. The Morgan fingerprint density at radius 2 is 1.67 bits per heavy atom. The molecule has 0 aliphatic heterocycles. The van der Waals surface area contributed by atoms with Gasteiger partial charge in [0.2, 0.25) is 0 Å². The van der Waals surface area contributed by atoms with Gasteiger partial charge in [0.15, 0.2) is 11.6 Å². The van der Waals surface area contributed by atoms with Crippen molar-refractivity contribution in [2.75, 3.05) is 0 Å². The van der Waals surface area contributed by atoms with Crippen molar-refractivity contribution in [1.29, 1.82) is 0 Å². The molecule has 0 N–H and O–H groups in total. The molecule has 2 aromatic rings. The monoisotopic (exact) mass is 301 g/mol. The number of rotatable bonds is 4. The van der Waals surface area contributed by atoms with Crippen LogP contribution in [0.25, 0.3) is 0 Å². The lowest BCUT2D eigenvalue weighted by Gasteiger charge is -2.18. The molecular weight excluding hydrogens is 290 g/mol. The molecular formula is C14H11BF5O-. The third-order valence-corrected chi connectivity index (χ3v) is 2.98. The van der Waals surface area contributed by atoms with Gasteiger partial charge in [-0.15, -0.1) is 5.46 Å². The molecule has 0 heterocycles. The molecule has 0 saturated heterocycles. The Bertz CT molecular complexity index is 654. The van der Waals surface area contributed by atoms with Crippen molar-refractivity contribution in [3.8, 4) is 5.75 Å². The molecule has 2 aromatic carbocycles. The SMILES string of the molecule is Cc1cc(OCc2ccc(F)c(F)c2)ccc1[B-](F)(F)F. The lowest BCUT2D eigenvalue weighted by molar-refractivity contribution is 0.305. The van der Waals surface area contributed by atoms with Gasteiger partial charge >= 0.3 is 6.98 Å². The van der Waals surface area contributed by atoms with Gasteiger partial charge in [-0.05, 0) is 36.8 Å². The highest BCUT2D eigenvalue weighted by Gasteiger charge is 2.27. The molecule has 0 bridgehead atoms. The van der Waals surface area contributed by atoms with E-state index in [0.29, 0.717) is 5.56 Å². The maximum atomic E-state index is 13.0. The zero-order chi connectivity index (χ0) is 15.6. The van der Waals surface area contributed by atoms with Gasteiger partial charge in [-0.2, -0.15) is 0 Å². The Morgan fingerprint density at radius 1 is 0.952 bits per heavy atom. The third kappa shape index (κ3) is 3.74. The van der Waals surface area contributed by atoms with Crippen LogP contribution in [0, 0.1) is 18.6 Å². The van der Waals surface area contributed by atoms with Crippen LogP contribution in [-0.2, 0) is 6.61 Å². The second-order valence-electron chi connectivity index (χ2n) is 4.63. The Kier molecular flexibility index (Phi) is 4.20. The normalized spacial score (nSPS) is 11.5. The second kappa shape index (κ2) is 5.75. The molecule has 7 heteroatoms. The molecule has 0 amide bonds. The van der Waals surface area contributed by atoms with E-state index >= 15 is 0 Å². The lowest BCUT2D eigenvalue weighted by atomic mass is 9.77. The number of hydrogen-bond acceptors (Lipinski definition) is 1. The smallest absolute Gasteiger partial charge is 0.489 e. The number of ether oxygens (including phenoxy) is 1. The molecule has 0 saturated carbocycles. The Hall–Kier alpha value is -2.05. The molecule has 0 atom stereocenters. The molecule has 112 valence electrons. The summed E-state index contributed by atoms with van der Waals surface area (Å²) in [6, 6.07) is 6.72. The molecule has 0 aliphatic carbocycles. The van der Waals surface area contributed by atoms with Gasteiger partial charge in [0.05, 0.1) is 0 Å². The average Bonchev–Trinajstić information content (AvgIpc) is 2.39. The fourth-order valence-corrected chi connectivity index (χ4v) is 1.90. The zero-order valence-electron chi connectivity index (χ0n) is 11.0. The van der Waals surface area contributed by atoms with Crippen molar-refractivity contribution in [3.05, 3.63) is 59.2 Å². The Balaban J connectivity index is 2.10. The maximum Gasteiger partial charge on any atom is 0.509 e. The van der Waals surface area contributed by atoms with Crippen molar-refractivity contribution in [2.45, 2.75) is 13.5 Å². The van der Waals surface area contributed by atoms with Gasteiger partial charge < -0.3 is 17.7 Å². The highest BCUT2D eigenvalue weighted by atomic mass is 19.4. The fourth-order valence-electron chi connectivity index (χ4n) is 1.90. The summed E-state index contributed by atoms with van der Waals surface area (Å²) < 4.78 is 69.0. The average molecular weight is 301 g/mol. The van der Waals surface area contributed by atoms with Crippen LogP contribution in [0.15, 0.2) is 36.4 Å². The van der Waals surface area contributed by atoms with Crippen molar-refractivity contribution >= 4 is 12.4 Å². The van der Waals surface area contributed by atoms with E-state index in [0.717, 1.165) is 18.2 Å². The predicted octanol–water partition coefficient (Wildman–Crippen LogP) is 3.91. The van der Waals surface area contributed by atoms with Crippen molar-refractivity contribution in [3.63, 3.8) is 0 Å². The standard InChI is InChI=1S/C14H11BF5O/c1-9-6-11(3-4-12(9)15(18,19)20)21-8-10-2-5-13(16)14(17)7-10/h2-7H,8H2,1H3/q-1. The largest absolute Gasteiger partial charge is 0.509 e. The highest BCUT2D eigenvalue weighted by Crippen LogP contribution is 2.19. The van der Waals surface area contributed by atoms with E-state index in [2.05, 4.69) is 0 Å². The molecule has 21 heavy (non-hydrogen) atoms. The molecule has 0 fully saturated rings. The summed E-state index contributed by atoms with van der Waals surface area (Å²) in [6.45, 7) is -3.78. The summed E-state index contributed by atoms with van der Waals surface area (Å²) in [7, 11) is 0. The van der Waals surface area contributed by atoms with E-state index in [1.807, 2.05) is 0 Å². The molecule has 0 radical (unpaired) electrons. The number of halogens is 5. The Morgan fingerprint density at radius 3 is 2.24 bits per heavy atom. The van der Waals surface area contributed by atoms with Crippen LogP contribution < -0.4 is 10.2 Å². The fraction of sp³-hybridized carbons (Fsp3) is 0.143. The summed E-state index contributed by atoms with van der Waals surface area (Å²) >= 11 is 0. The minimum absolute atomic E-state index is 0.0605. The highest BCUT2D eigenvalue weighted by molar-refractivity contribution is 6.74. The Labute approximate surface area is 118 Å². The zero-order valence-corrected chi connectivity index (χ0v) is 11.0. The minimum Gasteiger partial charge on any atom is -0.489 e. The van der Waals surface area contributed by atoms with Gasteiger partial charge in [0.1, 0.15) is 12.4 Å². The first-order valence-corrected chi connectivity index (χ1v) is 6.14. The van der Waals surface area contributed by atoms with E-state index in [4.69, 9.17) is 4.74 Å². The van der Waals surface area contributed by atoms with Crippen molar-refractivity contribution in [2.24, 2.45) is 0 Å². The summed E-state index contributed by atoms with van der Waals surface area (Å²) in [5.74, 6) is -1.73. The molecule has 0 aliphatic rings. The third-order valence-electron chi connectivity index (χ3n) is 2.98. The van der Waals surface area contributed by atoms with Crippen LogP contribution >= 0.6 is 0 Å². The van der Waals surface area contributed by atoms with Crippen LogP contribution in [-0.4, -0.2) is 6.98 Å². The maximum absolute atomic E-state index is 13.0. The number of benzene rings is 2. The van der Waals surface area contributed by atoms with Gasteiger partial charge in [-0.3, -0.25) is 0 Å². The summed E-state index contributed by atoms with van der Waals surface area (Å²) in [4.78, 5) is 0. The molecule has 0 aromatic heterocycles. The molecule has 2 rings (SSSR count). The van der Waals surface area contributed by atoms with Gasteiger partial charge in [-0.1, -0.05) is 17.7 Å². The van der Waals surface area contributed by atoms with E-state index in [9.17, 15) is 21.7 Å². The quantitative estimate of drug-likeness (QED) is 0.614. The van der Waals surface area contributed by atoms with Crippen molar-refractivity contribution < 1.29 is 26.5 Å². The molecule has 1 nitrogen and oxygen atoms in total. The summed E-state index contributed by atoms with van der Waals surface area (Å²) in [6.07, 6.45) is 0. The molecule has 0 spiro atoms. The van der Waals surface area contributed by atoms with Crippen LogP contribution in [0.4, 0.5) is 21.7 Å². The molecule has 0 unspecified atom stereocenters. The van der Waals surface area contributed by atoms with E-state index in [1.54, 1.807) is 0 Å². The topological polar surface area (TPSA) is 9.23 Å².